The Balaban J connectivity index is 2.03. The average Bonchev–Trinajstić information content (AvgIpc) is 2.93. The van der Waals surface area contributed by atoms with Gasteiger partial charge in [0, 0.05) is 49.7 Å². The first-order chi connectivity index (χ1) is 9.83. The Kier molecular flexibility index (Phi) is 5.74. The Morgan fingerprint density at radius 2 is 2.05 bits per heavy atom. The molecular weight excluding hydrogens is 248 g/mol. The van der Waals surface area contributed by atoms with Crippen molar-refractivity contribution >= 4 is 0 Å². The van der Waals surface area contributed by atoms with Crippen LogP contribution >= 0.6 is 0 Å². The van der Waals surface area contributed by atoms with E-state index in [4.69, 9.17) is 0 Å². The van der Waals surface area contributed by atoms with Gasteiger partial charge in [0.15, 0.2) is 0 Å². The van der Waals surface area contributed by atoms with E-state index in [0.717, 1.165) is 43.9 Å². The minimum Gasteiger partial charge on any atom is -0.335 e. The van der Waals surface area contributed by atoms with Gasteiger partial charge in [-0.15, -0.1) is 0 Å². The van der Waals surface area contributed by atoms with E-state index < -0.39 is 0 Å². The summed E-state index contributed by atoms with van der Waals surface area (Å²) in [5, 5.41) is 3.61. The molecule has 1 atom stereocenters. The molecule has 4 nitrogen and oxygen atoms in total. The zero-order valence-electron chi connectivity index (χ0n) is 12.4. The number of imidazole rings is 1. The summed E-state index contributed by atoms with van der Waals surface area (Å²) in [6, 6.07) is 6.48. The fourth-order valence-corrected chi connectivity index (χ4v) is 2.37. The van der Waals surface area contributed by atoms with Crippen LogP contribution in [0.3, 0.4) is 0 Å². The normalized spacial score (nSPS) is 12.5. The molecule has 2 heterocycles. The Labute approximate surface area is 121 Å². The summed E-state index contributed by atoms with van der Waals surface area (Å²) >= 11 is 0. The van der Waals surface area contributed by atoms with E-state index >= 15 is 0 Å². The number of nitrogens with zero attached hydrogens (tertiary/aromatic N) is 3. The molecular formula is C16H24N4. The number of nitrogens with one attached hydrogen (secondary N) is 1. The van der Waals surface area contributed by atoms with E-state index in [-0.39, 0.29) is 0 Å². The van der Waals surface area contributed by atoms with Gasteiger partial charge in [0.05, 0.1) is 0 Å². The molecule has 0 aliphatic carbocycles. The highest BCUT2D eigenvalue weighted by molar-refractivity contribution is 5.07. The van der Waals surface area contributed by atoms with Crippen LogP contribution in [0.25, 0.3) is 0 Å². The van der Waals surface area contributed by atoms with E-state index in [1.807, 2.05) is 30.7 Å². The Bertz CT molecular complexity index is 492. The second kappa shape index (κ2) is 7.80. The number of pyridine rings is 1. The van der Waals surface area contributed by atoms with Gasteiger partial charge in [0.1, 0.15) is 5.82 Å². The van der Waals surface area contributed by atoms with E-state index in [2.05, 4.69) is 39.8 Å². The van der Waals surface area contributed by atoms with Crippen molar-refractivity contribution in [1.29, 1.82) is 0 Å². The maximum atomic E-state index is 4.48. The summed E-state index contributed by atoms with van der Waals surface area (Å²) in [7, 11) is 0. The zero-order valence-corrected chi connectivity index (χ0v) is 12.4. The number of hydrogen-bond donors (Lipinski definition) is 1. The van der Waals surface area contributed by atoms with Gasteiger partial charge in [0.2, 0.25) is 0 Å². The molecule has 20 heavy (non-hydrogen) atoms. The fourth-order valence-electron chi connectivity index (χ4n) is 2.37. The summed E-state index contributed by atoms with van der Waals surface area (Å²) in [5.74, 6) is 1.15. The molecule has 0 aromatic carbocycles. The van der Waals surface area contributed by atoms with Crippen molar-refractivity contribution in [3.8, 4) is 0 Å². The maximum absolute atomic E-state index is 4.48. The van der Waals surface area contributed by atoms with Crippen molar-refractivity contribution in [3.05, 3.63) is 48.3 Å². The first-order valence-corrected chi connectivity index (χ1v) is 7.46. The molecule has 0 radical (unpaired) electrons. The van der Waals surface area contributed by atoms with Crippen LogP contribution in [0.15, 0.2) is 36.8 Å². The highest BCUT2D eigenvalue weighted by Gasteiger charge is 2.13. The molecule has 2 aromatic heterocycles. The Hall–Kier alpha value is -1.68. The predicted molar refractivity (Wildman–Crippen MR) is 81.6 cm³/mol. The highest BCUT2D eigenvalue weighted by Crippen LogP contribution is 2.07. The number of aromatic nitrogens is 3. The van der Waals surface area contributed by atoms with Crippen LogP contribution < -0.4 is 5.32 Å². The molecule has 0 saturated heterocycles. The molecule has 0 bridgehead atoms. The van der Waals surface area contributed by atoms with Crippen molar-refractivity contribution in [2.24, 2.45) is 0 Å². The summed E-state index contributed by atoms with van der Waals surface area (Å²) < 4.78 is 2.21. The highest BCUT2D eigenvalue weighted by atomic mass is 15.1. The minimum absolute atomic E-state index is 0.387. The van der Waals surface area contributed by atoms with Crippen molar-refractivity contribution < 1.29 is 0 Å². The molecule has 0 aliphatic heterocycles. The predicted octanol–water partition coefficient (Wildman–Crippen LogP) is 2.45. The minimum atomic E-state index is 0.387. The Morgan fingerprint density at radius 1 is 1.15 bits per heavy atom. The largest absolute Gasteiger partial charge is 0.335 e. The molecule has 0 spiro atoms. The van der Waals surface area contributed by atoms with Gasteiger partial charge >= 0.3 is 0 Å². The smallest absolute Gasteiger partial charge is 0.110 e. The lowest BCUT2D eigenvalue weighted by molar-refractivity contribution is 0.482. The molecule has 1 N–H and O–H groups in total. The number of hydrogen-bond acceptors (Lipinski definition) is 3. The van der Waals surface area contributed by atoms with Gasteiger partial charge in [-0.25, -0.2) is 4.98 Å². The van der Waals surface area contributed by atoms with Gasteiger partial charge in [0.25, 0.3) is 0 Å². The topological polar surface area (TPSA) is 42.7 Å². The lowest BCUT2D eigenvalue weighted by atomic mass is 10.1. The SMILES string of the molecule is CCCNC(Cc1ccccn1)Cc1nccn1CC. The van der Waals surface area contributed by atoms with Gasteiger partial charge in [-0.1, -0.05) is 13.0 Å². The summed E-state index contributed by atoms with van der Waals surface area (Å²) in [4.78, 5) is 8.91. The Morgan fingerprint density at radius 3 is 2.75 bits per heavy atom. The average molecular weight is 272 g/mol. The standard InChI is InChI=1S/C16H24N4/c1-3-8-17-15(12-14-7-5-6-9-18-14)13-16-19-10-11-20(16)4-2/h5-7,9-11,15,17H,3-4,8,12-13H2,1-2H3. The van der Waals surface area contributed by atoms with Crippen LogP contribution in [0.2, 0.25) is 0 Å². The molecule has 0 amide bonds. The second-order valence-corrected chi connectivity index (χ2v) is 5.01. The molecule has 4 heteroatoms. The van der Waals surface area contributed by atoms with Crippen molar-refractivity contribution in [1.82, 2.24) is 19.9 Å². The molecule has 108 valence electrons. The van der Waals surface area contributed by atoms with Crippen LogP contribution in [0.4, 0.5) is 0 Å². The third kappa shape index (κ3) is 4.17. The molecule has 0 saturated carbocycles. The lowest BCUT2D eigenvalue weighted by Gasteiger charge is -2.18. The van der Waals surface area contributed by atoms with Gasteiger partial charge in [-0.3, -0.25) is 4.98 Å². The summed E-state index contributed by atoms with van der Waals surface area (Å²) in [6.45, 7) is 6.35. The van der Waals surface area contributed by atoms with E-state index in [1.54, 1.807) is 0 Å². The van der Waals surface area contributed by atoms with Gasteiger partial charge in [-0.05, 0) is 32.0 Å². The third-order valence-corrected chi connectivity index (χ3v) is 3.44. The maximum Gasteiger partial charge on any atom is 0.110 e. The molecule has 0 fully saturated rings. The van der Waals surface area contributed by atoms with Crippen LogP contribution in [0, 0.1) is 0 Å². The summed E-state index contributed by atoms with van der Waals surface area (Å²) in [6.07, 6.45) is 8.82. The first-order valence-electron chi connectivity index (χ1n) is 7.46. The lowest BCUT2D eigenvalue weighted by Crippen LogP contribution is -2.35. The van der Waals surface area contributed by atoms with Crippen LogP contribution in [0.5, 0.6) is 0 Å². The van der Waals surface area contributed by atoms with Crippen LogP contribution in [0.1, 0.15) is 31.8 Å². The van der Waals surface area contributed by atoms with Crippen molar-refractivity contribution in [2.75, 3.05) is 6.54 Å². The van der Waals surface area contributed by atoms with Crippen LogP contribution in [-0.2, 0) is 19.4 Å². The molecule has 1 unspecified atom stereocenters. The number of aryl methyl sites for hydroxylation is 1. The van der Waals surface area contributed by atoms with E-state index in [9.17, 15) is 0 Å². The third-order valence-electron chi connectivity index (χ3n) is 3.44. The van der Waals surface area contributed by atoms with Crippen LogP contribution in [-0.4, -0.2) is 27.1 Å². The van der Waals surface area contributed by atoms with Crippen molar-refractivity contribution in [3.63, 3.8) is 0 Å². The fraction of sp³-hybridized carbons (Fsp3) is 0.500. The molecule has 2 rings (SSSR count). The van der Waals surface area contributed by atoms with Crippen molar-refractivity contribution in [2.45, 2.75) is 45.7 Å². The molecule has 2 aromatic rings. The van der Waals surface area contributed by atoms with Gasteiger partial charge < -0.3 is 9.88 Å². The quantitative estimate of drug-likeness (QED) is 0.802. The van der Waals surface area contributed by atoms with E-state index in [0.29, 0.717) is 6.04 Å². The van der Waals surface area contributed by atoms with Gasteiger partial charge in [-0.2, -0.15) is 0 Å². The monoisotopic (exact) mass is 272 g/mol. The van der Waals surface area contributed by atoms with E-state index in [1.165, 1.54) is 0 Å². The summed E-state index contributed by atoms with van der Waals surface area (Å²) in [5.41, 5.74) is 1.13. The first kappa shape index (κ1) is 14.7. The second-order valence-electron chi connectivity index (χ2n) is 5.01. The number of rotatable bonds is 8. The zero-order chi connectivity index (χ0) is 14.2. The molecule has 0 aliphatic rings.